The summed E-state index contributed by atoms with van der Waals surface area (Å²) < 4.78 is 1.61. The fourth-order valence-corrected chi connectivity index (χ4v) is 1.81. The number of thiol groups is 1. The summed E-state index contributed by atoms with van der Waals surface area (Å²) in [5.41, 5.74) is 0. The van der Waals surface area contributed by atoms with Gasteiger partial charge >= 0.3 is 5.82 Å². The summed E-state index contributed by atoms with van der Waals surface area (Å²) in [5, 5.41) is 14.3. The van der Waals surface area contributed by atoms with Crippen LogP contribution < -0.4 is 0 Å². The van der Waals surface area contributed by atoms with Crippen molar-refractivity contribution in [3.8, 4) is 0 Å². The molecule has 0 bridgehead atoms. The second kappa shape index (κ2) is 5.16. The Morgan fingerprint density at radius 1 is 1.67 bits per heavy atom. The molecule has 15 heavy (non-hydrogen) atoms. The third-order valence-electron chi connectivity index (χ3n) is 2.41. The predicted molar refractivity (Wildman–Crippen MR) is 61.1 cm³/mol. The summed E-state index contributed by atoms with van der Waals surface area (Å²) in [5.74, 6) is 1.53. The van der Waals surface area contributed by atoms with Crippen molar-refractivity contribution in [1.29, 1.82) is 0 Å². The van der Waals surface area contributed by atoms with E-state index in [4.69, 9.17) is 0 Å². The lowest BCUT2D eigenvalue weighted by atomic mass is 9.98. The van der Waals surface area contributed by atoms with Crippen molar-refractivity contribution in [3.05, 3.63) is 22.4 Å². The molecule has 0 aliphatic heterocycles. The van der Waals surface area contributed by atoms with E-state index in [0.717, 1.165) is 5.75 Å². The van der Waals surface area contributed by atoms with Crippen LogP contribution in [0.25, 0.3) is 0 Å². The van der Waals surface area contributed by atoms with Gasteiger partial charge in [-0.1, -0.05) is 13.8 Å². The maximum Gasteiger partial charge on any atom is 0.389 e. The molecule has 1 atom stereocenters. The van der Waals surface area contributed by atoms with Crippen molar-refractivity contribution in [2.24, 2.45) is 11.8 Å². The normalized spacial score (nSPS) is 13.1. The SMILES string of the molecule is CC(C)C(CS)Cn1ccc([N+](=O)[O-])n1. The van der Waals surface area contributed by atoms with Crippen molar-refractivity contribution in [1.82, 2.24) is 9.78 Å². The molecule has 1 rings (SSSR count). The van der Waals surface area contributed by atoms with Crippen LogP contribution in [-0.4, -0.2) is 20.5 Å². The van der Waals surface area contributed by atoms with Crippen LogP contribution >= 0.6 is 12.6 Å². The third kappa shape index (κ3) is 3.23. The zero-order valence-corrected chi connectivity index (χ0v) is 9.72. The number of nitrogens with zero attached hydrogens (tertiary/aromatic N) is 3. The van der Waals surface area contributed by atoms with Crippen molar-refractivity contribution >= 4 is 18.4 Å². The number of nitro groups is 1. The molecule has 0 spiro atoms. The van der Waals surface area contributed by atoms with Crippen molar-refractivity contribution in [2.45, 2.75) is 20.4 Å². The Morgan fingerprint density at radius 3 is 2.73 bits per heavy atom. The number of rotatable bonds is 5. The molecule has 0 aliphatic rings. The average molecular weight is 229 g/mol. The van der Waals surface area contributed by atoms with Crippen LogP contribution in [0, 0.1) is 22.0 Å². The summed E-state index contributed by atoms with van der Waals surface area (Å²) >= 11 is 4.26. The molecule has 1 unspecified atom stereocenters. The van der Waals surface area contributed by atoms with Gasteiger partial charge in [0.25, 0.3) is 0 Å². The first-order chi connectivity index (χ1) is 7.04. The van der Waals surface area contributed by atoms with E-state index in [0.29, 0.717) is 18.4 Å². The van der Waals surface area contributed by atoms with Gasteiger partial charge in [-0.2, -0.15) is 17.3 Å². The molecule has 84 valence electrons. The topological polar surface area (TPSA) is 61.0 Å². The molecule has 6 heteroatoms. The summed E-state index contributed by atoms with van der Waals surface area (Å²) in [4.78, 5) is 9.93. The zero-order valence-electron chi connectivity index (χ0n) is 8.83. The minimum atomic E-state index is -0.485. The first kappa shape index (κ1) is 12.0. The van der Waals surface area contributed by atoms with Crippen LogP contribution in [0.2, 0.25) is 0 Å². The van der Waals surface area contributed by atoms with Gasteiger partial charge < -0.3 is 10.1 Å². The Morgan fingerprint density at radius 2 is 2.33 bits per heavy atom. The maximum atomic E-state index is 10.4. The smallest absolute Gasteiger partial charge is 0.358 e. The van der Waals surface area contributed by atoms with Gasteiger partial charge in [0, 0.05) is 0 Å². The van der Waals surface area contributed by atoms with Gasteiger partial charge in [-0.15, -0.1) is 0 Å². The molecule has 0 aliphatic carbocycles. The summed E-state index contributed by atoms with van der Waals surface area (Å²) in [6, 6.07) is 1.41. The fraction of sp³-hybridized carbons (Fsp3) is 0.667. The van der Waals surface area contributed by atoms with Gasteiger partial charge in [-0.25, -0.2) is 0 Å². The van der Waals surface area contributed by atoms with Gasteiger partial charge in [-0.05, 0) is 22.5 Å². The average Bonchev–Trinajstić information content (AvgIpc) is 2.61. The monoisotopic (exact) mass is 229 g/mol. The Bertz CT molecular complexity index is 338. The fourth-order valence-electron chi connectivity index (χ4n) is 1.27. The Kier molecular flexibility index (Phi) is 4.14. The molecular formula is C9H15N3O2S. The molecule has 0 saturated carbocycles. The van der Waals surface area contributed by atoms with Crippen molar-refractivity contribution < 1.29 is 4.92 Å². The van der Waals surface area contributed by atoms with E-state index in [1.807, 2.05) is 0 Å². The molecule has 0 aromatic carbocycles. The Balaban J connectivity index is 2.67. The number of hydrogen-bond acceptors (Lipinski definition) is 4. The van der Waals surface area contributed by atoms with Gasteiger partial charge in [0.15, 0.2) is 0 Å². The van der Waals surface area contributed by atoms with E-state index in [1.165, 1.54) is 6.07 Å². The lowest BCUT2D eigenvalue weighted by molar-refractivity contribution is -0.389. The van der Waals surface area contributed by atoms with Crippen molar-refractivity contribution in [3.63, 3.8) is 0 Å². The summed E-state index contributed by atoms with van der Waals surface area (Å²) in [7, 11) is 0. The second-order valence-corrected chi connectivity index (χ2v) is 4.20. The molecule has 0 saturated heterocycles. The maximum absolute atomic E-state index is 10.4. The second-order valence-electron chi connectivity index (χ2n) is 3.84. The van der Waals surface area contributed by atoms with Crippen LogP contribution in [0.1, 0.15) is 13.8 Å². The largest absolute Gasteiger partial charge is 0.389 e. The van der Waals surface area contributed by atoms with Gasteiger partial charge in [0.2, 0.25) is 0 Å². The van der Waals surface area contributed by atoms with Crippen LogP contribution in [0.3, 0.4) is 0 Å². The third-order valence-corrected chi connectivity index (χ3v) is 2.88. The van der Waals surface area contributed by atoms with Crippen molar-refractivity contribution in [2.75, 3.05) is 5.75 Å². The lowest BCUT2D eigenvalue weighted by Crippen LogP contribution is -2.18. The standard InChI is InChI=1S/C9H15N3O2S/c1-7(2)8(6-15)5-11-4-3-9(10-11)12(13)14/h3-4,7-8,15H,5-6H2,1-2H3. The minimum Gasteiger partial charge on any atom is -0.358 e. The quantitative estimate of drug-likeness (QED) is 0.477. The highest BCUT2D eigenvalue weighted by Gasteiger charge is 2.17. The Labute approximate surface area is 94.0 Å². The van der Waals surface area contributed by atoms with E-state index in [9.17, 15) is 10.1 Å². The summed E-state index contributed by atoms with van der Waals surface area (Å²) in [6.45, 7) is 4.90. The molecule has 0 fully saturated rings. The van der Waals surface area contributed by atoms with Crippen LogP contribution in [0.4, 0.5) is 5.82 Å². The molecular weight excluding hydrogens is 214 g/mol. The van der Waals surface area contributed by atoms with E-state index >= 15 is 0 Å². The zero-order chi connectivity index (χ0) is 11.4. The van der Waals surface area contributed by atoms with E-state index in [1.54, 1.807) is 10.9 Å². The van der Waals surface area contributed by atoms with E-state index in [2.05, 4.69) is 31.6 Å². The first-order valence-electron chi connectivity index (χ1n) is 4.83. The number of hydrogen-bond donors (Lipinski definition) is 1. The van der Waals surface area contributed by atoms with E-state index < -0.39 is 4.92 Å². The molecule has 5 nitrogen and oxygen atoms in total. The molecule has 1 aromatic heterocycles. The highest BCUT2D eigenvalue weighted by Crippen LogP contribution is 2.15. The minimum absolute atomic E-state index is 0.100. The number of aromatic nitrogens is 2. The van der Waals surface area contributed by atoms with Gasteiger partial charge in [-0.3, -0.25) is 0 Å². The summed E-state index contributed by atoms with van der Waals surface area (Å²) in [6.07, 6.45) is 1.64. The first-order valence-corrected chi connectivity index (χ1v) is 5.46. The van der Waals surface area contributed by atoms with Crippen LogP contribution in [-0.2, 0) is 6.54 Å². The molecule has 0 radical (unpaired) electrons. The van der Waals surface area contributed by atoms with Gasteiger partial charge in [0.05, 0.1) is 23.9 Å². The van der Waals surface area contributed by atoms with Gasteiger partial charge in [0.1, 0.15) is 0 Å². The Hall–Kier alpha value is -1.04. The van der Waals surface area contributed by atoms with E-state index in [-0.39, 0.29) is 5.82 Å². The van der Waals surface area contributed by atoms with Crippen LogP contribution in [0.5, 0.6) is 0 Å². The molecule has 0 amide bonds. The molecule has 0 N–H and O–H groups in total. The molecule has 1 aromatic rings. The predicted octanol–water partition coefficient (Wildman–Crippen LogP) is 1.99. The highest BCUT2D eigenvalue weighted by atomic mass is 32.1. The lowest BCUT2D eigenvalue weighted by Gasteiger charge is -2.16. The molecule has 1 heterocycles. The highest BCUT2D eigenvalue weighted by molar-refractivity contribution is 7.80. The van der Waals surface area contributed by atoms with Crippen LogP contribution in [0.15, 0.2) is 12.3 Å².